The van der Waals surface area contributed by atoms with Crippen LogP contribution in [0.2, 0.25) is 0 Å². The minimum absolute atomic E-state index is 0.00175. The Balaban J connectivity index is 1.38. The van der Waals surface area contributed by atoms with Crippen molar-refractivity contribution in [3.8, 4) is 67.5 Å². The van der Waals surface area contributed by atoms with Crippen molar-refractivity contribution in [3.63, 3.8) is 0 Å². The Morgan fingerprint density at radius 3 is 1.98 bits per heavy atom. The van der Waals surface area contributed by atoms with Crippen molar-refractivity contribution in [3.05, 3.63) is 168 Å². The molecule has 0 radical (unpaired) electrons. The number of pyridine rings is 1. The lowest BCUT2D eigenvalue weighted by Gasteiger charge is -2.25. The largest absolute Gasteiger partial charge is 0.507 e. The molecule has 2 aromatic heterocycles. The summed E-state index contributed by atoms with van der Waals surface area (Å²) in [4.78, 5) is 10.2. The summed E-state index contributed by atoms with van der Waals surface area (Å²) in [6.07, 6.45) is 1.57. The van der Waals surface area contributed by atoms with Gasteiger partial charge in [0.05, 0.1) is 27.8 Å². The molecular weight excluding hydrogens is 719 g/mol. The van der Waals surface area contributed by atoms with Crippen LogP contribution in [0.4, 0.5) is 0 Å². The zero-order valence-corrected chi connectivity index (χ0v) is 35.3. The van der Waals surface area contributed by atoms with Crippen LogP contribution >= 0.6 is 0 Å². The van der Waals surface area contributed by atoms with E-state index in [-0.39, 0.29) is 27.6 Å². The molecule has 0 aliphatic heterocycles. The lowest BCUT2D eigenvalue weighted by molar-refractivity contribution is 0.475. The van der Waals surface area contributed by atoms with E-state index in [0.717, 1.165) is 55.7 Å². The molecule has 296 valence electrons. The summed E-state index contributed by atoms with van der Waals surface area (Å²) >= 11 is 0. The van der Waals surface area contributed by atoms with Crippen molar-refractivity contribution in [1.82, 2.24) is 14.5 Å². The normalized spacial score (nSPS) is 14.2. The van der Waals surface area contributed by atoms with Crippen LogP contribution in [0.15, 0.2) is 146 Å². The predicted molar refractivity (Wildman–Crippen MR) is 249 cm³/mol. The van der Waals surface area contributed by atoms with Gasteiger partial charge in [-0.15, -0.1) is 0 Å². The van der Waals surface area contributed by atoms with Gasteiger partial charge in [0.25, 0.3) is 0 Å². The minimum atomic E-state index is -2.82. The summed E-state index contributed by atoms with van der Waals surface area (Å²) in [5.41, 5.74) is 10.7. The number of aromatic hydroxyl groups is 1. The summed E-state index contributed by atoms with van der Waals surface area (Å²) in [6, 6.07) is 36.5. The number of hydrogen-bond donors (Lipinski definition) is 1. The van der Waals surface area contributed by atoms with E-state index in [1.54, 1.807) is 24.4 Å². The number of para-hydroxylation sites is 1. The van der Waals surface area contributed by atoms with Gasteiger partial charge in [-0.3, -0.25) is 9.55 Å². The van der Waals surface area contributed by atoms with Crippen molar-refractivity contribution < 1.29 is 14.7 Å². The average molecular weight is 781 g/mol. The molecule has 0 aliphatic carbocycles. The van der Waals surface area contributed by atoms with E-state index in [2.05, 4.69) is 134 Å². The Bertz CT molecular complexity index is 3160. The number of phenolic OH excluding ortho intramolecular Hbond substituents is 1. The number of benzene rings is 6. The first-order valence-electron chi connectivity index (χ1n) is 23.6. The van der Waals surface area contributed by atoms with Gasteiger partial charge in [0, 0.05) is 27.1 Å². The van der Waals surface area contributed by atoms with Crippen LogP contribution in [0, 0.1) is 6.85 Å². The molecule has 2 heterocycles. The van der Waals surface area contributed by atoms with Gasteiger partial charge in [0.1, 0.15) is 11.6 Å². The molecule has 0 saturated heterocycles. The summed E-state index contributed by atoms with van der Waals surface area (Å²) in [5.74, 6) is 0.718. The molecule has 1 N–H and O–H groups in total. The molecule has 0 saturated carbocycles. The van der Waals surface area contributed by atoms with Crippen molar-refractivity contribution >= 4 is 11.0 Å². The molecule has 8 aromatic rings. The number of aromatic nitrogens is 3. The highest BCUT2D eigenvalue weighted by atomic mass is 16.3. The van der Waals surface area contributed by atoms with Gasteiger partial charge >= 0.3 is 0 Å². The average Bonchev–Trinajstić information content (AvgIpc) is 3.64. The van der Waals surface area contributed by atoms with Gasteiger partial charge in [0.15, 0.2) is 0 Å². The number of phenols is 1. The zero-order valence-electron chi connectivity index (χ0n) is 42.3. The molecule has 0 aliphatic rings. The van der Waals surface area contributed by atoms with E-state index in [9.17, 15) is 5.11 Å². The monoisotopic (exact) mass is 780 g/mol. The first kappa shape index (κ1) is 31.7. The zero-order chi connectivity index (χ0) is 47.8. The first-order chi connectivity index (χ1) is 30.8. The molecule has 8 rings (SSSR count). The Morgan fingerprint density at radius 2 is 1.29 bits per heavy atom. The quantitative estimate of drug-likeness (QED) is 0.183. The topological polar surface area (TPSA) is 50.9 Å². The molecule has 4 nitrogen and oxygen atoms in total. The van der Waals surface area contributed by atoms with Crippen LogP contribution in [0.3, 0.4) is 0 Å². The smallest absolute Gasteiger partial charge is 0.149 e. The fourth-order valence-corrected chi connectivity index (χ4v) is 7.68. The minimum Gasteiger partial charge on any atom is -0.507 e. The molecule has 0 atom stereocenters. The third kappa shape index (κ3) is 7.84. The van der Waals surface area contributed by atoms with Crippen molar-refractivity contribution in [2.75, 3.05) is 0 Å². The number of fused-ring (bicyclic) bond motifs is 1. The predicted octanol–water partition coefficient (Wildman–Crippen LogP) is 14.7. The fraction of sp³-hybridized carbons (Fsp3) is 0.236. The number of hydrogen-bond acceptors (Lipinski definition) is 3. The van der Waals surface area contributed by atoms with Gasteiger partial charge in [0.2, 0.25) is 0 Å². The van der Waals surface area contributed by atoms with Crippen LogP contribution in [0.5, 0.6) is 5.75 Å². The lowest BCUT2D eigenvalue weighted by Crippen LogP contribution is -2.14. The van der Waals surface area contributed by atoms with Crippen LogP contribution in [-0.2, 0) is 16.2 Å². The molecule has 0 bridgehead atoms. The summed E-state index contributed by atoms with van der Waals surface area (Å²) in [5, 5.41) is 11.7. The van der Waals surface area contributed by atoms with Crippen LogP contribution in [0.1, 0.15) is 94.2 Å². The molecule has 0 amide bonds. The highest BCUT2D eigenvalue weighted by Gasteiger charge is 2.26. The molecule has 0 spiro atoms. The van der Waals surface area contributed by atoms with E-state index < -0.39 is 36.6 Å². The molecule has 0 unspecified atom stereocenters. The van der Waals surface area contributed by atoms with E-state index in [0.29, 0.717) is 22.6 Å². The van der Waals surface area contributed by atoms with E-state index >= 15 is 0 Å². The van der Waals surface area contributed by atoms with E-state index in [4.69, 9.17) is 19.6 Å². The number of imidazole rings is 1. The van der Waals surface area contributed by atoms with Crippen molar-refractivity contribution in [2.24, 2.45) is 0 Å². The second-order valence-corrected chi connectivity index (χ2v) is 18.5. The standard InChI is InChI=1S/C55H55N3O/c1-35-19-21-36(22-20-35)38-27-28-56-48(32-38)40-29-39(30-42(31-40)54(5,6)7)45-17-14-18-49-51(45)57-52(46-33-41(53(2,3)4)23-26-50(46)59)58(49)43-24-25-44(37-15-12-11-13-16-37)47(34-43)55(8,9)10/h11-34,59H,1-10H3/i1D3,19D,20D,21D,22D. The SMILES string of the molecule is [2H]c1c([2H])c(C([2H])([2H])[2H])c([2H])c([2H])c1-c1ccnc(-c2cc(-c3cccc4c3nc(-c3cc(C(C)(C)C)ccc3O)n4-c3ccc(-c4ccccc4)c(C(C)(C)C)c3)cc(C(C)(C)C)c2)c1. The van der Waals surface area contributed by atoms with Gasteiger partial charge in [-0.05, 0) is 122 Å². The molecule has 0 fully saturated rings. The van der Waals surface area contributed by atoms with Gasteiger partial charge in [-0.1, -0.05) is 153 Å². The van der Waals surface area contributed by atoms with E-state index in [1.807, 2.05) is 30.3 Å². The Kier molecular flexibility index (Phi) is 7.97. The van der Waals surface area contributed by atoms with Crippen LogP contribution < -0.4 is 0 Å². The Morgan fingerprint density at radius 1 is 0.559 bits per heavy atom. The summed E-state index contributed by atoms with van der Waals surface area (Å²) in [7, 11) is 0. The second kappa shape index (κ2) is 14.8. The molecule has 6 aromatic carbocycles. The Hall–Kier alpha value is -6.26. The van der Waals surface area contributed by atoms with Crippen LogP contribution in [0.25, 0.3) is 72.7 Å². The van der Waals surface area contributed by atoms with E-state index in [1.165, 1.54) is 5.56 Å². The highest BCUT2D eigenvalue weighted by molar-refractivity contribution is 5.97. The second-order valence-electron chi connectivity index (χ2n) is 18.5. The lowest BCUT2D eigenvalue weighted by atomic mass is 9.81. The third-order valence-corrected chi connectivity index (χ3v) is 11.0. The highest BCUT2D eigenvalue weighted by Crippen LogP contribution is 2.43. The molecule has 59 heavy (non-hydrogen) atoms. The summed E-state index contributed by atoms with van der Waals surface area (Å²) in [6.45, 7) is 16.7. The molecule has 4 heteroatoms. The molecular formula is C55H55N3O. The van der Waals surface area contributed by atoms with Crippen molar-refractivity contribution in [2.45, 2.75) is 85.4 Å². The van der Waals surface area contributed by atoms with Crippen molar-refractivity contribution in [1.29, 1.82) is 0 Å². The maximum atomic E-state index is 11.7. The fourth-order valence-electron chi connectivity index (χ4n) is 7.68. The maximum absolute atomic E-state index is 11.7. The van der Waals surface area contributed by atoms with Gasteiger partial charge in [-0.25, -0.2) is 4.98 Å². The third-order valence-electron chi connectivity index (χ3n) is 11.0. The van der Waals surface area contributed by atoms with Gasteiger partial charge < -0.3 is 5.11 Å². The maximum Gasteiger partial charge on any atom is 0.149 e. The van der Waals surface area contributed by atoms with Gasteiger partial charge in [-0.2, -0.15) is 0 Å². The van der Waals surface area contributed by atoms with Crippen LogP contribution in [-0.4, -0.2) is 19.6 Å². The number of nitrogens with zero attached hydrogens (tertiary/aromatic N) is 3. The number of rotatable bonds is 6. The summed E-state index contributed by atoms with van der Waals surface area (Å²) < 4.78 is 60.5. The first-order valence-corrected chi connectivity index (χ1v) is 20.1. The Labute approximate surface area is 360 Å².